The van der Waals surface area contributed by atoms with Gasteiger partial charge >= 0.3 is 6.03 Å². The number of carbonyl (C=O) groups excluding carboxylic acids is 1. The van der Waals surface area contributed by atoms with Gasteiger partial charge in [-0.05, 0) is 53.8 Å². The molecule has 1 N–H and O–H groups in total. The van der Waals surface area contributed by atoms with Crippen LogP contribution in [0.25, 0.3) is 0 Å². The van der Waals surface area contributed by atoms with Gasteiger partial charge in [0.15, 0.2) is 0 Å². The van der Waals surface area contributed by atoms with Crippen molar-refractivity contribution in [3.8, 4) is 0 Å². The third-order valence-electron chi connectivity index (χ3n) is 4.29. The number of amides is 2. The second-order valence-electron chi connectivity index (χ2n) is 7.24. The Morgan fingerprint density at radius 2 is 1.55 bits per heavy atom. The third kappa shape index (κ3) is 4.35. The second-order valence-corrected chi connectivity index (χ2v) is 7.24. The van der Waals surface area contributed by atoms with E-state index >= 15 is 0 Å². The second kappa shape index (κ2) is 6.31. The molecule has 2 amide bonds. The van der Waals surface area contributed by atoms with Crippen LogP contribution in [0.3, 0.4) is 0 Å². The highest BCUT2D eigenvalue weighted by molar-refractivity contribution is 5.75. The first-order valence-corrected chi connectivity index (χ1v) is 7.85. The van der Waals surface area contributed by atoms with Gasteiger partial charge in [-0.1, -0.05) is 0 Å². The van der Waals surface area contributed by atoms with Gasteiger partial charge in [-0.2, -0.15) is 0 Å². The summed E-state index contributed by atoms with van der Waals surface area (Å²) in [6.45, 7) is 12.2. The Labute approximate surface area is 123 Å². The van der Waals surface area contributed by atoms with Gasteiger partial charge in [0.05, 0.1) is 0 Å². The van der Waals surface area contributed by atoms with Gasteiger partial charge in [0.25, 0.3) is 0 Å². The predicted octanol–water partition coefficient (Wildman–Crippen LogP) is 1.21. The zero-order chi connectivity index (χ0) is 14.8. The number of carbonyl (C=O) groups is 1. The number of nitrogens with zero attached hydrogens (tertiary/aromatic N) is 3. The Kier molecular flexibility index (Phi) is 4.91. The van der Waals surface area contributed by atoms with Crippen molar-refractivity contribution in [2.75, 3.05) is 46.3 Å². The van der Waals surface area contributed by atoms with Crippen LogP contribution in [0.15, 0.2) is 0 Å². The summed E-state index contributed by atoms with van der Waals surface area (Å²) in [4.78, 5) is 19.1. The van der Waals surface area contributed by atoms with E-state index in [1.54, 1.807) is 0 Å². The maximum absolute atomic E-state index is 12.1. The fraction of sp³-hybridized carbons (Fsp3) is 0.933. The number of hydrogen-bond acceptors (Lipinski definition) is 3. The van der Waals surface area contributed by atoms with Crippen LogP contribution in [0, 0.1) is 0 Å². The molecule has 0 bridgehead atoms. The fourth-order valence-electron chi connectivity index (χ4n) is 3.05. The minimum Gasteiger partial charge on any atom is -0.333 e. The zero-order valence-electron chi connectivity index (χ0n) is 13.5. The summed E-state index contributed by atoms with van der Waals surface area (Å²) in [7, 11) is 2.20. The number of likely N-dealkylation sites (tertiary alicyclic amines) is 1. The summed E-state index contributed by atoms with van der Waals surface area (Å²) in [5.74, 6) is 0. The Hall–Kier alpha value is -0.810. The maximum atomic E-state index is 12.1. The molecule has 2 fully saturated rings. The van der Waals surface area contributed by atoms with Crippen molar-refractivity contribution in [1.82, 2.24) is 20.0 Å². The lowest BCUT2D eigenvalue weighted by molar-refractivity contribution is 0.0736. The van der Waals surface area contributed by atoms with Gasteiger partial charge in [-0.15, -0.1) is 0 Å². The lowest BCUT2D eigenvalue weighted by atomic mass is 10.0. The highest BCUT2D eigenvalue weighted by Gasteiger charge is 2.28. The number of nitrogens with one attached hydrogen (secondary N) is 1. The quantitative estimate of drug-likeness (QED) is 0.785. The third-order valence-corrected chi connectivity index (χ3v) is 4.29. The molecule has 0 radical (unpaired) electrons. The maximum Gasteiger partial charge on any atom is 0.317 e. The van der Waals surface area contributed by atoms with E-state index < -0.39 is 0 Å². The fourth-order valence-corrected chi connectivity index (χ4v) is 3.05. The highest BCUT2D eigenvalue weighted by atomic mass is 16.2. The molecular weight excluding hydrogens is 252 g/mol. The van der Waals surface area contributed by atoms with E-state index in [0.717, 1.165) is 32.2 Å². The predicted molar refractivity (Wildman–Crippen MR) is 81.9 cm³/mol. The van der Waals surface area contributed by atoms with Gasteiger partial charge in [0.2, 0.25) is 0 Å². The summed E-state index contributed by atoms with van der Waals surface area (Å²) in [6.07, 6.45) is 2.54. The van der Waals surface area contributed by atoms with Crippen LogP contribution in [0.1, 0.15) is 33.6 Å². The number of urea groups is 1. The minimum atomic E-state index is -0.151. The molecule has 2 heterocycles. The summed E-state index contributed by atoms with van der Waals surface area (Å²) < 4.78 is 0. The van der Waals surface area contributed by atoms with Crippen LogP contribution < -0.4 is 5.32 Å². The first-order valence-electron chi connectivity index (χ1n) is 7.85. The molecule has 0 unspecified atom stereocenters. The summed E-state index contributed by atoms with van der Waals surface area (Å²) in [6, 6.07) is 0.805. The lowest BCUT2D eigenvalue weighted by Crippen LogP contribution is -2.57. The molecule has 0 atom stereocenters. The van der Waals surface area contributed by atoms with Crippen LogP contribution >= 0.6 is 0 Å². The largest absolute Gasteiger partial charge is 0.333 e. The molecule has 20 heavy (non-hydrogen) atoms. The van der Waals surface area contributed by atoms with E-state index in [1.165, 1.54) is 25.9 Å². The van der Waals surface area contributed by atoms with Crippen LogP contribution in [-0.4, -0.2) is 78.6 Å². The first kappa shape index (κ1) is 15.6. The number of rotatable bonds is 1. The average molecular weight is 282 g/mol. The molecule has 0 saturated carbocycles. The van der Waals surface area contributed by atoms with Crippen LogP contribution in [-0.2, 0) is 0 Å². The molecule has 5 heteroatoms. The van der Waals surface area contributed by atoms with E-state index in [-0.39, 0.29) is 11.6 Å². The average Bonchev–Trinajstić information content (AvgIpc) is 2.38. The number of piperidine rings is 1. The van der Waals surface area contributed by atoms with Crippen molar-refractivity contribution in [3.05, 3.63) is 0 Å². The smallest absolute Gasteiger partial charge is 0.317 e. The van der Waals surface area contributed by atoms with Crippen molar-refractivity contribution in [1.29, 1.82) is 0 Å². The van der Waals surface area contributed by atoms with E-state index in [4.69, 9.17) is 0 Å². The van der Waals surface area contributed by atoms with E-state index in [1.807, 2.05) is 25.7 Å². The van der Waals surface area contributed by atoms with Gasteiger partial charge < -0.3 is 15.1 Å². The van der Waals surface area contributed by atoms with E-state index in [2.05, 4.69) is 22.2 Å². The Morgan fingerprint density at radius 3 is 2.05 bits per heavy atom. The molecule has 0 aliphatic carbocycles. The molecule has 0 aromatic heterocycles. The van der Waals surface area contributed by atoms with Crippen LogP contribution in [0.4, 0.5) is 4.79 Å². The van der Waals surface area contributed by atoms with Gasteiger partial charge in [0, 0.05) is 37.8 Å². The van der Waals surface area contributed by atoms with Crippen molar-refractivity contribution in [3.63, 3.8) is 0 Å². The highest BCUT2D eigenvalue weighted by Crippen LogP contribution is 2.17. The van der Waals surface area contributed by atoms with E-state index in [0.29, 0.717) is 0 Å². The molecule has 2 rings (SSSR count). The van der Waals surface area contributed by atoms with Gasteiger partial charge in [-0.3, -0.25) is 4.90 Å². The SMILES string of the molecule is CN1CCC(N2CCN(C(=O)NC(C)(C)C)CC2)CC1. The van der Waals surface area contributed by atoms with Crippen LogP contribution in [0.2, 0.25) is 0 Å². The monoisotopic (exact) mass is 282 g/mol. The van der Waals surface area contributed by atoms with Crippen LogP contribution in [0.5, 0.6) is 0 Å². The molecule has 0 aromatic rings. The van der Waals surface area contributed by atoms with Crippen molar-refractivity contribution in [2.24, 2.45) is 0 Å². The first-order chi connectivity index (χ1) is 9.35. The normalized spacial score (nSPS) is 23.9. The number of piperazine rings is 1. The topological polar surface area (TPSA) is 38.8 Å². The van der Waals surface area contributed by atoms with E-state index in [9.17, 15) is 4.79 Å². The van der Waals surface area contributed by atoms with Gasteiger partial charge in [0.1, 0.15) is 0 Å². The van der Waals surface area contributed by atoms with Crippen molar-refractivity contribution in [2.45, 2.75) is 45.2 Å². The molecule has 2 saturated heterocycles. The number of hydrogen-bond donors (Lipinski definition) is 1. The molecule has 0 spiro atoms. The minimum absolute atomic E-state index is 0.0838. The zero-order valence-corrected chi connectivity index (χ0v) is 13.5. The Morgan fingerprint density at radius 1 is 1.00 bits per heavy atom. The molecular formula is C15H30N4O. The Balaban J connectivity index is 1.76. The molecule has 2 aliphatic rings. The summed E-state index contributed by atoms with van der Waals surface area (Å²) >= 11 is 0. The van der Waals surface area contributed by atoms with Crippen molar-refractivity contribution < 1.29 is 4.79 Å². The standard InChI is InChI=1S/C15H30N4O/c1-15(2,3)16-14(20)19-11-9-18(10-12-19)13-5-7-17(4)8-6-13/h13H,5-12H2,1-4H3,(H,16,20). The summed E-state index contributed by atoms with van der Waals surface area (Å²) in [5.41, 5.74) is -0.151. The summed E-state index contributed by atoms with van der Waals surface area (Å²) in [5, 5.41) is 3.05. The van der Waals surface area contributed by atoms with Gasteiger partial charge in [-0.25, -0.2) is 4.79 Å². The Bertz CT molecular complexity index is 323. The molecule has 0 aromatic carbocycles. The van der Waals surface area contributed by atoms with Crippen molar-refractivity contribution >= 4 is 6.03 Å². The molecule has 2 aliphatic heterocycles. The molecule has 5 nitrogen and oxygen atoms in total. The molecule has 116 valence electrons. The lowest BCUT2D eigenvalue weighted by Gasteiger charge is -2.42.